The van der Waals surface area contributed by atoms with Crippen molar-refractivity contribution < 1.29 is 28.7 Å². The Labute approximate surface area is 322 Å². The molecular weight excluding hydrogens is 693 g/mol. The maximum Gasteiger partial charge on any atom is 0.410 e. The van der Waals surface area contributed by atoms with Crippen LogP contribution in [0.1, 0.15) is 48.9 Å². The number of hydrogen-bond acceptors (Lipinski definition) is 6. The minimum atomic E-state index is -0.819. The number of nitrogens with one attached hydrogen (secondary N) is 2. The third-order valence-electron chi connectivity index (χ3n) is 9.80. The first-order chi connectivity index (χ1) is 26.4. The maximum atomic E-state index is 14.1. The predicted molar refractivity (Wildman–Crippen MR) is 215 cm³/mol. The maximum absolute atomic E-state index is 14.1. The molecule has 1 aliphatic rings. The highest BCUT2D eigenvalue weighted by Gasteiger charge is 2.33. The Balaban J connectivity index is 1.04. The van der Waals surface area contributed by atoms with E-state index in [2.05, 4.69) is 22.8 Å². The molecule has 0 aromatic heterocycles. The van der Waals surface area contributed by atoms with Crippen LogP contribution in [0, 0.1) is 0 Å². The minimum absolute atomic E-state index is 0.0875. The Hall–Kier alpha value is -6.16. The highest BCUT2D eigenvalue weighted by molar-refractivity contribution is 5.94. The molecule has 5 aromatic carbocycles. The molecule has 284 valence electrons. The fourth-order valence-electron chi connectivity index (χ4n) is 6.95. The van der Waals surface area contributed by atoms with E-state index in [0.29, 0.717) is 25.1 Å². The van der Waals surface area contributed by atoms with E-state index in [0.717, 1.165) is 44.2 Å². The van der Waals surface area contributed by atoms with Gasteiger partial charge in [-0.3, -0.25) is 14.5 Å². The monoisotopic (exact) mass is 740 g/mol. The lowest BCUT2D eigenvalue weighted by atomic mass is 9.98. The van der Waals surface area contributed by atoms with E-state index in [-0.39, 0.29) is 25.0 Å². The summed E-state index contributed by atoms with van der Waals surface area (Å²) >= 11 is 0. The number of nitrogens with zero attached hydrogens (tertiary/aromatic N) is 2. The molecule has 0 aliphatic heterocycles. The van der Waals surface area contributed by atoms with E-state index in [1.54, 1.807) is 45.8 Å². The minimum Gasteiger partial charge on any atom is -0.449 e. The Bertz CT molecular complexity index is 2150. The number of alkyl carbamates (subject to hydrolysis) is 1. The second-order valence-corrected chi connectivity index (χ2v) is 14.9. The van der Waals surface area contributed by atoms with E-state index in [1.165, 1.54) is 4.90 Å². The van der Waals surface area contributed by atoms with Gasteiger partial charge in [0.05, 0.1) is 0 Å². The second kappa shape index (κ2) is 16.9. The topological polar surface area (TPSA) is 117 Å². The number of carbonyl (C=O) groups is 4. The van der Waals surface area contributed by atoms with Gasteiger partial charge >= 0.3 is 12.2 Å². The number of fused-ring (bicyclic) bond motifs is 4. The molecule has 0 saturated carbocycles. The fraction of sp³-hybridized carbons (Fsp3) is 0.289. The van der Waals surface area contributed by atoms with Gasteiger partial charge < -0.3 is 25.0 Å². The van der Waals surface area contributed by atoms with Crippen LogP contribution in [0.4, 0.5) is 15.3 Å². The highest BCUT2D eigenvalue weighted by Crippen LogP contribution is 2.44. The number of likely N-dealkylation sites (N-methyl/N-ethyl adjacent to an activating group) is 2. The van der Waals surface area contributed by atoms with Crippen molar-refractivity contribution in [2.75, 3.05) is 39.1 Å². The molecule has 5 aromatic rings. The van der Waals surface area contributed by atoms with Gasteiger partial charge in [-0.15, -0.1) is 0 Å². The van der Waals surface area contributed by atoms with Crippen molar-refractivity contribution in [3.8, 4) is 11.1 Å². The molecule has 1 aliphatic carbocycles. The van der Waals surface area contributed by atoms with Gasteiger partial charge in [-0.05, 0) is 77.4 Å². The van der Waals surface area contributed by atoms with E-state index < -0.39 is 29.7 Å². The third kappa shape index (κ3) is 9.51. The Morgan fingerprint density at radius 3 is 2.07 bits per heavy atom. The van der Waals surface area contributed by atoms with Crippen LogP contribution in [0.5, 0.6) is 0 Å². The first-order valence-corrected chi connectivity index (χ1v) is 18.5. The normalized spacial score (nSPS) is 12.6. The lowest BCUT2D eigenvalue weighted by Gasteiger charge is -2.32. The molecule has 0 unspecified atom stereocenters. The number of amides is 4. The number of ether oxygens (including phenoxy) is 2. The zero-order valence-electron chi connectivity index (χ0n) is 32.0. The number of anilines is 1. The van der Waals surface area contributed by atoms with Gasteiger partial charge in [0.2, 0.25) is 11.8 Å². The zero-order valence-corrected chi connectivity index (χ0v) is 32.0. The second-order valence-electron chi connectivity index (χ2n) is 14.9. The quantitative estimate of drug-likeness (QED) is 0.135. The van der Waals surface area contributed by atoms with E-state index in [9.17, 15) is 19.2 Å². The van der Waals surface area contributed by atoms with Crippen LogP contribution in [0.25, 0.3) is 21.9 Å². The number of rotatable bonds is 12. The molecule has 0 heterocycles. The smallest absolute Gasteiger partial charge is 0.410 e. The summed E-state index contributed by atoms with van der Waals surface area (Å²) in [6.45, 7) is 5.56. The number of hydrogen-bond donors (Lipinski definition) is 2. The molecule has 4 amide bonds. The molecule has 2 N–H and O–H groups in total. The number of benzene rings is 5. The van der Waals surface area contributed by atoms with E-state index >= 15 is 0 Å². The fourth-order valence-corrected chi connectivity index (χ4v) is 6.95. The standard InChI is InChI=1S/C45H48N4O6/c1-45(2,3)55-44(53)49(5)40(27-30-22-23-31-14-6-7-16-33(31)26-30)42(51)48(4)25-24-32-15-8-13-21-39(32)47-41(50)28-46-43(52)54-29-38-36-19-11-9-17-34(36)35-18-10-12-20-37(35)38/h6-23,26,38,40H,24-25,27-29H2,1-5H3,(H,46,52)(H,47,50)/t40-/m1/s1. The summed E-state index contributed by atoms with van der Waals surface area (Å²) in [6.07, 6.45) is -0.537. The summed E-state index contributed by atoms with van der Waals surface area (Å²) in [7, 11) is 3.30. The molecule has 0 bridgehead atoms. The number of carbonyl (C=O) groups excluding carboxylic acids is 4. The van der Waals surface area contributed by atoms with Crippen molar-refractivity contribution in [3.05, 3.63) is 138 Å². The molecule has 6 rings (SSSR count). The summed E-state index contributed by atoms with van der Waals surface area (Å²) < 4.78 is 11.2. The van der Waals surface area contributed by atoms with Crippen LogP contribution in [0.3, 0.4) is 0 Å². The van der Waals surface area contributed by atoms with Crippen LogP contribution in [0.2, 0.25) is 0 Å². The Kier molecular flexibility index (Phi) is 11.8. The van der Waals surface area contributed by atoms with E-state index in [4.69, 9.17) is 9.47 Å². The Morgan fingerprint density at radius 1 is 0.764 bits per heavy atom. The Morgan fingerprint density at radius 2 is 1.38 bits per heavy atom. The molecule has 55 heavy (non-hydrogen) atoms. The SMILES string of the molecule is CN(CCc1ccccc1NC(=O)CNC(=O)OCC1c2ccccc2-c2ccccc21)C(=O)[C@@H](Cc1ccc2ccccc2c1)N(C)C(=O)OC(C)(C)C. The summed E-state index contributed by atoms with van der Waals surface area (Å²) in [4.78, 5) is 55.9. The molecule has 10 nitrogen and oxygen atoms in total. The number of para-hydroxylation sites is 1. The van der Waals surface area contributed by atoms with Crippen LogP contribution >= 0.6 is 0 Å². The van der Waals surface area contributed by atoms with Crippen LogP contribution < -0.4 is 10.6 Å². The molecule has 0 fully saturated rings. The van der Waals surface area contributed by atoms with Crippen LogP contribution in [0.15, 0.2) is 115 Å². The molecule has 0 radical (unpaired) electrons. The van der Waals surface area contributed by atoms with Gasteiger partial charge in [0.15, 0.2) is 0 Å². The lowest BCUT2D eigenvalue weighted by molar-refractivity contribution is -0.135. The van der Waals surface area contributed by atoms with Crippen molar-refractivity contribution in [2.24, 2.45) is 0 Å². The van der Waals surface area contributed by atoms with E-state index in [1.807, 2.05) is 97.1 Å². The first-order valence-electron chi connectivity index (χ1n) is 18.5. The van der Waals surface area contributed by atoms with Crippen LogP contribution in [-0.4, -0.2) is 79.2 Å². The van der Waals surface area contributed by atoms with Gasteiger partial charge in [0, 0.05) is 38.7 Å². The lowest BCUT2D eigenvalue weighted by Crippen LogP contribution is -2.51. The summed E-state index contributed by atoms with van der Waals surface area (Å²) in [6, 6.07) is 36.7. The summed E-state index contributed by atoms with van der Waals surface area (Å²) in [5.74, 6) is -0.745. The van der Waals surface area contributed by atoms with Gasteiger partial charge in [0.25, 0.3) is 0 Å². The molecule has 10 heteroatoms. The van der Waals surface area contributed by atoms with Gasteiger partial charge in [-0.2, -0.15) is 0 Å². The van der Waals surface area contributed by atoms with Crippen molar-refractivity contribution in [1.29, 1.82) is 0 Å². The van der Waals surface area contributed by atoms with Gasteiger partial charge in [0.1, 0.15) is 24.8 Å². The molecule has 0 saturated heterocycles. The average molecular weight is 741 g/mol. The predicted octanol–water partition coefficient (Wildman–Crippen LogP) is 7.80. The average Bonchev–Trinajstić information content (AvgIpc) is 3.50. The zero-order chi connectivity index (χ0) is 39.1. The van der Waals surface area contributed by atoms with Crippen molar-refractivity contribution in [1.82, 2.24) is 15.1 Å². The van der Waals surface area contributed by atoms with Crippen molar-refractivity contribution in [3.63, 3.8) is 0 Å². The first kappa shape index (κ1) is 38.6. The van der Waals surface area contributed by atoms with Gasteiger partial charge in [-0.25, -0.2) is 9.59 Å². The molecule has 1 atom stereocenters. The summed E-state index contributed by atoms with van der Waals surface area (Å²) in [5.41, 5.74) is 6.05. The summed E-state index contributed by atoms with van der Waals surface area (Å²) in [5, 5.41) is 7.59. The van der Waals surface area contributed by atoms with Crippen LogP contribution in [-0.2, 0) is 31.9 Å². The van der Waals surface area contributed by atoms with Gasteiger partial charge in [-0.1, -0.05) is 109 Å². The molecular formula is C45H48N4O6. The van der Waals surface area contributed by atoms with Crippen molar-refractivity contribution in [2.45, 2.75) is 51.2 Å². The largest absolute Gasteiger partial charge is 0.449 e. The van der Waals surface area contributed by atoms with Crippen molar-refractivity contribution >= 4 is 40.5 Å². The molecule has 0 spiro atoms. The third-order valence-corrected chi connectivity index (χ3v) is 9.80. The highest BCUT2D eigenvalue weighted by atomic mass is 16.6.